The molecule has 2 aliphatic rings. The van der Waals surface area contributed by atoms with Crippen LogP contribution >= 0.6 is 11.3 Å². The summed E-state index contributed by atoms with van der Waals surface area (Å²) in [4.78, 5) is 19.0. The van der Waals surface area contributed by atoms with Crippen LogP contribution < -0.4 is 0 Å². The molecule has 2 heterocycles. The van der Waals surface area contributed by atoms with Crippen LogP contribution in [0, 0.1) is 5.92 Å². The predicted octanol–water partition coefficient (Wildman–Crippen LogP) is 3.40. The molecule has 1 aromatic carbocycles. The fourth-order valence-electron chi connectivity index (χ4n) is 3.38. The third-order valence-corrected chi connectivity index (χ3v) is 5.51. The molecule has 0 unspecified atom stereocenters. The maximum absolute atomic E-state index is 12.8. The summed E-state index contributed by atoms with van der Waals surface area (Å²) in [5, 5.41) is 1.83. The third-order valence-electron chi connectivity index (χ3n) is 4.93. The van der Waals surface area contributed by atoms with Crippen molar-refractivity contribution in [2.75, 3.05) is 13.2 Å². The second-order valence-electron chi connectivity index (χ2n) is 6.73. The van der Waals surface area contributed by atoms with Crippen molar-refractivity contribution in [3.8, 4) is 0 Å². The lowest BCUT2D eigenvalue weighted by Gasteiger charge is -2.28. The van der Waals surface area contributed by atoms with Gasteiger partial charge in [-0.05, 0) is 37.2 Å². The topological polar surface area (TPSA) is 42.4 Å². The van der Waals surface area contributed by atoms with Gasteiger partial charge in [0.1, 0.15) is 5.69 Å². The minimum absolute atomic E-state index is 0.0368. The van der Waals surface area contributed by atoms with Gasteiger partial charge in [0, 0.05) is 18.5 Å². The van der Waals surface area contributed by atoms with Crippen molar-refractivity contribution < 1.29 is 9.53 Å². The van der Waals surface area contributed by atoms with Gasteiger partial charge < -0.3 is 9.64 Å². The normalized spacial score (nSPS) is 23.6. The largest absolute Gasteiger partial charge is 0.376 e. The fourth-order valence-corrected chi connectivity index (χ4v) is 3.90. The molecule has 1 saturated carbocycles. The summed E-state index contributed by atoms with van der Waals surface area (Å²) in [5.74, 6) is 0.778. The van der Waals surface area contributed by atoms with Gasteiger partial charge in [-0.25, -0.2) is 4.98 Å². The standard InChI is InChI=1S/C19H22N2O2S/c22-19(16-12-24-13-20-16)21-9-8-18(23-11-15-6-7-15)17(21)10-14-4-2-1-3-5-14/h1-5,12-13,15,17-18H,6-11H2/t17-,18-/m1/s1. The summed E-state index contributed by atoms with van der Waals surface area (Å²) >= 11 is 1.47. The lowest BCUT2D eigenvalue weighted by atomic mass is 10.0. The van der Waals surface area contributed by atoms with Crippen LogP contribution in [-0.2, 0) is 11.2 Å². The molecule has 1 saturated heterocycles. The van der Waals surface area contributed by atoms with Crippen LogP contribution in [0.25, 0.3) is 0 Å². The minimum Gasteiger partial charge on any atom is -0.376 e. The Morgan fingerprint density at radius 2 is 2.08 bits per heavy atom. The van der Waals surface area contributed by atoms with Crippen molar-refractivity contribution >= 4 is 17.2 Å². The highest BCUT2D eigenvalue weighted by Gasteiger charge is 2.39. The number of thiazole rings is 1. The van der Waals surface area contributed by atoms with Crippen molar-refractivity contribution in [1.82, 2.24) is 9.88 Å². The van der Waals surface area contributed by atoms with Gasteiger partial charge in [0.05, 0.1) is 17.7 Å². The molecule has 0 radical (unpaired) electrons. The van der Waals surface area contributed by atoms with Crippen molar-refractivity contribution in [3.05, 3.63) is 52.5 Å². The molecule has 0 N–H and O–H groups in total. The first kappa shape index (κ1) is 15.8. The molecule has 5 heteroatoms. The summed E-state index contributed by atoms with van der Waals surface area (Å²) < 4.78 is 6.20. The van der Waals surface area contributed by atoms with Crippen LogP contribution in [0.1, 0.15) is 35.3 Å². The first-order valence-electron chi connectivity index (χ1n) is 8.66. The predicted molar refractivity (Wildman–Crippen MR) is 94.2 cm³/mol. The zero-order chi connectivity index (χ0) is 16.4. The van der Waals surface area contributed by atoms with Gasteiger partial charge >= 0.3 is 0 Å². The zero-order valence-corrected chi connectivity index (χ0v) is 14.5. The van der Waals surface area contributed by atoms with Gasteiger partial charge in [-0.1, -0.05) is 30.3 Å². The van der Waals surface area contributed by atoms with Crippen molar-refractivity contribution in [3.63, 3.8) is 0 Å². The number of rotatable bonds is 6. The molecule has 126 valence electrons. The van der Waals surface area contributed by atoms with E-state index in [1.807, 2.05) is 16.3 Å². The van der Waals surface area contributed by atoms with Gasteiger partial charge in [0.15, 0.2) is 0 Å². The lowest BCUT2D eigenvalue weighted by molar-refractivity contribution is 0.0199. The Labute approximate surface area is 146 Å². The molecule has 1 amide bonds. The highest BCUT2D eigenvalue weighted by Crippen LogP contribution is 2.32. The number of carbonyl (C=O) groups excluding carboxylic acids is 1. The summed E-state index contributed by atoms with van der Waals surface area (Å²) in [5.41, 5.74) is 3.53. The highest BCUT2D eigenvalue weighted by molar-refractivity contribution is 7.07. The Balaban J connectivity index is 1.51. The Morgan fingerprint density at radius 3 is 2.79 bits per heavy atom. The van der Waals surface area contributed by atoms with Gasteiger partial charge in [0.2, 0.25) is 0 Å². The van der Waals surface area contributed by atoms with E-state index in [9.17, 15) is 4.79 Å². The highest BCUT2D eigenvalue weighted by atomic mass is 32.1. The van der Waals surface area contributed by atoms with Gasteiger partial charge in [0.25, 0.3) is 5.91 Å². The smallest absolute Gasteiger partial charge is 0.273 e. The average molecular weight is 342 g/mol. The molecule has 2 atom stereocenters. The summed E-state index contributed by atoms with van der Waals surface area (Å²) in [6.45, 7) is 1.60. The molecule has 1 aromatic heterocycles. The number of nitrogens with zero attached hydrogens (tertiary/aromatic N) is 2. The number of benzene rings is 1. The fraction of sp³-hybridized carbons (Fsp3) is 0.474. The van der Waals surface area contributed by atoms with E-state index in [4.69, 9.17) is 4.74 Å². The van der Waals surface area contributed by atoms with Crippen LogP contribution in [0.4, 0.5) is 0 Å². The number of hydrogen-bond acceptors (Lipinski definition) is 4. The minimum atomic E-state index is 0.0368. The molecular weight excluding hydrogens is 320 g/mol. The van der Waals surface area contributed by atoms with Gasteiger partial charge in [-0.2, -0.15) is 0 Å². The van der Waals surface area contributed by atoms with Crippen LogP contribution in [0.3, 0.4) is 0 Å². The number of amides is 1. The zero-order valence-electron chi connectivity index (χ0n) is 13.6. The van der Waals surface area contributed by atoms with Gasteiger partial charge in [-0.3, -0.25) is 4.79 Å². The maximum atomic E-state index is 12.8. The average Bonchev–Trinajstić information content (AvgIpc) is 3.12. The monoisotopic (exact) mass is 342 g/mol. The lowest BCUT2D eigenvalue weighted by Crippen LogP contribution is -2.42. The van der Waals surface area contributed by atoms with E-state index in [-0.39, 0.29) is 18.1 Å². The van der Waals surface area contributed by atoms with Gasteiger partial charge in [-0.15, -0.1) is 11.3 Å². The molecule has 4 rings (SSSR count). The van der Waals surface area contributed by atoms with E-state index < -0.39 is 0 Å². The molecule has 0 spiro atoms. The molecule has 2 fully saturated rings. The quantitative estimate of drug-likeness (QED) is 0.808. The molecule has 4 nitrogen and oxygen atoms in total. The van der Waals surface area contributed by atoms with E-state index in [1.165, 1.54) is 29.7 Å². The summed E-state index contributed by atoms with van der Waals surface area (Å²) in [7, 11) is 0. The number of aromatic nitrogens is 1. The third kappa shape index (κ3) is 3.52. The van der Waals surface area contributed by atoms with Crippen LogP contribution in [0.5, 0.6) is 0 Å². The summed E-state index contributed by atoms with van der Waals surface area (Å²) in [6.07, 6.45) is 4.47. The Morgan fingerprint density at radius 1 is 1.25 bits per heavy atom. The molecule has 2 aromatic rings. The SMILES string of the molecule is O=C(c1cscn1)N1CC[C@@H](OCC2CC2)[C@H]1Cc1ccccc1. The number of carbonyl (C=O) groups is 1. The maximum Gasteiger partial charge on any atom is 0.273 e. The number of likely N-dealkylation sites (tertiary alicyclic amines) is 1. The van der Waals surface area contributed by atoms with Crippen molar-refractivity contribution in [2.45, 2.75) is 37.8 Å². The molecule has 1 aliphatic carbocycles. The Kier molecular flexibility index (Phi) is 4.63. The Bertz CT molecular complexity index is 670. The number of hydrogen-bond donors (Lipinski definition) is 0. The number of ether oxygens (including phenoxy) is 1. The van der Waals surface area contributed by atoms with Crippen LogP contribution in [-0.4, -0.2) is 41.1 Å². The van der Waals surface area contributed by atoms with Crippen LogP contribution in [0.15, 0.2) is 41.2 Å². The molecule has 0 bridgehead atoms. The van der Waals surface area contributed by atoms with E-state index in [0.717, 1.165) is 31.9 Å². The van der Waals surface area contributed by atoms with E-state index in [2.05, 4.69) is 29.2 Å². The first-order chi connectivity index (χ1) is 11.8. The van der Waals surface area contributed by atoms with E-state index >= 15 is 0 Å². The van der Waals surface area contributed by atoms with E-state index in [1.54, 1.807) is 5.51 Å². The Hall–Kier alpha value is -1.72. The molecule has 1 aliphatic heterocycles. The van der Waals surface area contributed by atoms with Crippen molar-refractivity contribution in [2.24, 2.45) is 5.92 Å². The second kappa shape index (κ2) is 7.03. The molecule has 24 heavy (non-hydrogen) atoms. The van der Waals surface area contributed by atoms with Crippen molar-refractivity contribution in [1.29, 1.82) is 0 Å². The summed E-state index contributed by atoms with van der Waals surface area (Å²) in [6, 6.07) is 10.5. The second-order valence-corrected chi connectivity index (χ2v) is 7.45. The van der Waals surface area contributed by atoms with E-state index in [0.29, 0.717) is 5.69 Å². The first-order valence-corrected chi connectivity index (χ1v) is 9.60. The van der Waals surface area contributed by atoms with Crippen LogP contribution in [0.2, 0.25) is 0 Å². The molecular formula is C19H22N2O2S.